The van der Waals surface area contributed by atoms with Gasteiger partial charge in [0, 0.05) is 22.9 Å². The molecule has 6 rings (SSSR count). The number of halogens is 2. The molecule has 1 aliphatic rings. The summed E-state index contributed by atoms with van der Waals surface area (Å²) in [7, 11) is -1.97. The Morgan fingerprint density at radius 1 is 1.12 bits per heavy atom. The van der Waals surface area contributed by atoms with Crippen molar-refractivity contribution >= 4 is 39.6 Å². The SMILES string of the molecule is NS(=O)c1ccc(Cc2c(-c3ccc(F)c(C#Cc4cccs4)c3)nn(-c3nc(C(=O)O)cs3)c2CC2CC2)cc1F. The predicted octanol–water partition coefficient (Wildman–Crippen LogP) is 5.96. The highest BCUT2D eigenvalue weighted by molar-refractivity contribution is 7.82. The Labute approximate surface area is 250 Å². The van der Waals surface area contributed by atoms with Gasteiger partial charge in [-0.15, -0.1) is 22.7 Å². The van der Waals surface area contributed by atoms with Gasteiger partial charge in [-0.05, 0) is 72.5 Å². The minimum absolute atomic E-state index is 0.0914. The van der Waals surface area contributed by atoms with Gasteiger partial charge in [0.1, 0.15) is 22.6 Å². The number of hydrogen-bond acceptors (Lipinski definition) is 6. The van der Waals surface area contributed by atoms with E-state index in [1.807, 2.05) is 17.5 Å². The summed E-state index contributed by atoms with van der Waals surface area (Å²) in [5, 5.41) is 23.5. The van der Waals surface area contributed by atoms with E-state index in [2.05, 4.69) is 16.8 Å². The van der Waals surface area contributed by atoms with Crippen molar-refractivity contribution in [2.75, 3.05) is 0 Å². The Hall–Kier alpha value is -4.02. The average Bonchev–Trinajstić information content (AvgIpc) is 3.30. The van der Waals surface area contributed by atoms with Gasteiger partial charge in [-0.3, -0.25) is 0 Å². The number of aromatic carboxylic acids is 1. The third kappa shape index (κ3) is 5.96. The largest absolute Gasteiger partial charge is 0.476 e. The molecule has 5 aromatic rings. The van der Waals surface area contributed by atoms with Crippen molar-refractivity contribution in [1.29, 1.82) is 0 Å². The second-order valence-electron chi connectivity index (χ2n) is 9.81. The maximum atomic E-state index is 14.9. The molecule has 2 aromatic carbocycles. The second kappa shape index (κ2) is 11.7. The molecule has 0 amide bonds. The van der Waals surface area contributed by atoms with Crippen LogP contribution in [0.4, 0.5) is 8.78 Å². The topological polar surface area (TPSA) is 111 Å². The van der Waals surface area contributed by atoms with E-state index >= 15 is 0 Å². The van der Waals surface area contributed by atoms with E-state index < -0.39 is 28.6 Å². The van der Waals surface area contributed by atoms with E-state index in [0.29, 0.717) is 34.3 Å². The van der Waals surface area contributed by atoms with Crippen LogP contribution >= 0.6 is 22.7 Å². The van der Waals surface area contributed by atoms with E-state index in [-0.39, 0.29) is 22.6 Å². The molecule has 1 unspecified atom stereocenters. The molecular formula is C30H22F2N4O3S3. The van der Waals surface area contributed by atoms with Gasteiger partial charge in [0.15, 0.2) is 5.69 Å². The van der Waals surface area contributed by atoms with E-state index in [9.17, 15) is 22.9 Å². The second-order valence-corrected chi connectivity index (χ2v) is 12.6. The summed E-state index contributed by atoms with van der Waals surface area (Å²) >= 11 is 2.61. The summed E-state index contributed by atoms with van der Waals surface area (Å²) < 4.78 is 43.0. The number of carboxylic acid groups (broad SMARTS) is 1. The van der Waals surface area contributed by atoms with Gasteiger partial charge in [0.25, 0.3) is 0 Å². The summed E-state index contributed by atoms with van der Waals surface area (Å²) in [6.45, 7) is 0. The van der Waals surface area contributed by atoms with Crippen molar-refractivity contribution in [3.8, 4) is 28.2 Å². The Morgan fingerprint density at radius 2 is 1.95 bits per heavy atom. The fourth-order valence-electron chi connectivity index (χ4n) is 4.59. The number of rotatable bonds is 8. The van der Waals surface area contributed by atoms with Gasteiger partial charge in [-0.1, -0.05) is 24.0 Å². The molecule has 3 aromatic heterocycles. The van der Waals surface area contributed by atoms with E-state index in [4.69, 9.17) is 10.2 Å². The van der Waals surface area contributed by atoms with Gasteiger partial charge in [0.05, 0.1) is 26.7 Å². The molecule has 1 saturated carbocycles. The molecule has 1 fully saturated rings. The molecule has 3 heterocycles. The number of benzene rings is 2. The molecule has 0 saturated heterocycles. The quantitative estimate of drug-likeness (QED) is 0.208. The van der Waals surface area contributed by atoms with E-state index in [1.165, 1.54) is 34.9 Å². The average molecular weight is 621 g/mol. The zero-order chi connectivity index (χ0) is 29.4. The molecule has 7 nitrogen and oxygen atoms in total. The molecule has 0 spiro atoms. The summed E-state index contributed by atoms with van der Waals surface area (Å²) in [6.07, 6.45) is 3.01. The van der Waals surface area contributed by atoms with Crippen LogP contribution in [-0.2, 0) is 23.8 Å². The summed E-state index contributed by atoms with van der Waals surface area (Å²) in [6, 6.07) is 12.7. The minimum atomic E-state index is -1.97. The summed E-state index contributed by atoms with van der Waals surface area (Å²) in [5.74, 6) is 4.03. The van der Waals surface area contributed by atoms with Crippen LogP contribution in [0, 0.1) is 29.4 Å². The van der Waals surface area contributed by atoms with Crippen molar-refractivity contribution < 1.29 is 22.9 Å². The highest BCUT2D eigenvalue weighted by Crippen LogP contribution is 2.38. The number of thiazole rings is 1. The zero-order valence-electron chi connectivity index (χ0n) is 21.8. The number of aromatic nitrogens is 3. The van der Waals surface area contributed by atoms with Crippen LogP contribution in [0.1, 0.15) is 50.6 Å². The monoisotopic (exact) mass is 620 g/mol. The fraction of sp³-hybridized carbons (Fsp3) is 0.167. The normalized spacial score (nSPS) is 13.5. The van der Waals surface area contributed by atoms with Gasteiger partial charge >= 0.3 is 5.97 Å². The Balaban J connectivity index is 1.51. The van der Waals surface area contributed by atoms with Crippen LogP contribution in [0.3, 0.4) is 0 Å². The predicted molar refractivity (Wildman–Crippen MR) is 158 cm³/mol. The number of carbonyl (C=O) groups is 1. The van der Waals surface area contributed by atoms with E-state index in [1.54, 1.807) is 22.9 Å². The van der Waals surface area contributed by atoms with Crippen LogP contribution in [0.25, 0.3) is 16.4 Å². The Bertz CT molecular complexity index is 1900. The maximum Gasteiger partial charge on any atom is 0.355 e. The fourth-order valence-corrected chi connectivity index (χ4v) is 6.39. The molecular weight excluding hydrogens is 599 g/mol. The lowest BCUT2D eigenvalue weighted by atomic mass is 9.96. The smallest absolute Gasteiger partial charge is 0.355 e. The third-order valence-electron chi connectivity index (χ3n) is 6.84. The van der Waals surface area contributed by atoms with Crippen molar-refractivity contribution in [3.05, 3.63) is 104 Å². The third-order valence-corrected chi connectivity index (χ3v) is 9.20. The first kappa shape index (κ1) is 28.1. The van der Waals surface area contributed by atoms with Crippen molar-refractivity contribution in [2.45, 2.75) is 30.6 Å². The van der Waals surface area contributed by atoms with Gasteiger partial charge in [0.2, 0.25) is 5.13 Å². The van der Waals surface area contributed by atoms with Crippen LogP contribution in [0.15, 0.2) is 64.2 Å². The van der Waals surface area contributed by atoms with Crippen LogP contribution < -0.4 is 5.14 Å². The molecule has 212 valence electrons. The molecule has 0 radical (unpaired) electrons. The lowest BCUT2D eigenvalue weighted by molar-refractivity contribution is 0.0691. The highest BCUT2D eigenvalue weighted by Gasteiger charge is 2.29. The first-order valence-corrected chi connectivity index (χ1v) is 15.8. The Kier molecular flexibility index (Phi) is 7.83. The van der Waals surface area contributed by atoms with Crippen molar-refractivity contribution in [3.63, 3.8) is 0 Å². The molecule has 1 atom stereocenters. The Morgan fingerprint density at radius 3 is 2.62 bits per heavy atom. The molecule has 0 bridgehead atoms. The van der Waals surface area contributed by atoms with E-state index in [0.717, 1.165) is 40.3 Å². The molecule has 3 N–H and O–H groups in total. The van der Waals surface area contributed by atoms with Gasteiger partial charge < -0.3 is 5.11 Å². The lowest BCUT2D eigenvalue weighted by Crippen LogP contribution is -2.07. The molecule has 12 heteroatoms. The summed E-state index contributed by atoms with van der Waals surface area (Å²) in [5.41, 5.74) is 3.45. The number of carboxylic acids is 1. The number of nitrogens with two attached hydrogens (primary N) is 1. The number of hydrogen-bond donors (Lipinski definition) is 2. The van der Waals surface area contributed by atoms with Gasteiger partial charge in [-0.2, -0.15) is 5.10 Å². The first-order valence-electron chi connectivity index (χ1n) is 12.9. The standard InChI is InChI=1S/C30H22F2N4O3S3/c31-23-9-7-20(15-19(23)6-8-21-2-1-11-40-21)28-22(12-18-5-10-27(42(33)39)24(32)13-18)26(14-17-3-4-17)36(35-28)30-34-25(16-41-30)29(37)38/h1-2,5,7,9-11,13,15-17H,3-4,12,14,33H2,(H,37,38). The van der Waals surface area contributed by atoms with Crippen LogP contribution in [0.2, 0.25) is 0 Å². The number of thiophene rings is 1. The van der Waals surface area contributed by atoms with Crippen LogP contribution in [0.5, 0.6) is 0 Å². The zero-order valence-corrected chi connectivity index (χ0v) is 24.3. The lowest BCUT2D eigenvalue weighted by Gasteiger charge is -2.10. The molecule has 0 aliphatic heterocycles. The first-order chi connectivity index (χ1) is 20.3. The maximum absolute atomic E-state index is 14.9. The van der Waals surface area contributed by atoms with Crippen molar-refractivity contribution in [2.24, 2.45) is 11.1 Å². The van der Waals surface area contributed by atoms with Gasteiger partial charge in [-0.25, -0.2) is 32.6 Å². The van der Waals surface area contributed by atoms with Crippen LogP contribution in [-0.4, -0.2) is 30.0 Å². The molecule has 1 aliphatic carbocycles. The highest BCUT2D eigenvalue weighted by atomic mass is 32.2. The minimum Gasteiger partial charge on any atom is -0.476 e. The summed E-state index contributed by atoms with van der Waals surface area (Å²) in [4.78, 5) is 16.6. The van der Waals surface area contributed by atoms with Crippen molar-refractivity contribution in [1.82, 2.24) is 14.8 Å². The molecule has 42 heavy (non-hydrogen) atoms. The number of nitrogens with zero attached hydrogens (tertiary/aromatic N) is 3.